The Hall–Kier alpha value is -2.44. The van der Waals surface area contributed by atoms with Crippen LogP contribution in [-0.2, 0) is 0 Å². The van der Waals surface area contributed by atoms with Gasteiger partial charge in [-0.25, -0.2) is 26.7 Å². The second-order valence-corrected chi connectivity index (χ2v) is 4.60. The first-order valence-corrected chi connectivity index (χ1v) is 6.05. The Morgan fingerprint density at radius 1 is 0.864 bits per heavy atom. The molecule has 0 bridgehead atoms. The number of esters is 1. The average Bonchev–Trinajstić information content (AvgIpc) is 2.47. The van der Waals surface area contributed by atoms with E-state index < -0.39 is 40.6 Å². The fourth-order valence-electron chi connectivity index (χ4n) is 1.75. The van der Waals surface area contributed by atoms with E-state index >= 15 is 0 Å². The molecule has 0 aromatic heterocycles. The van der Waals surface area contributed by atoms with Crippen molar-refractivity contribution in [3.63, 3.8) is 0 Å². The lowest BCUT2D eigenvalue weighted by Crippen LogP contribution is -2.17. The molecule has 0 aliphatic rings. The van der Waals surface area contributed by atoms with Gasteiger partial charge in [-0.2, -0.15) is 0 Å². The van der Waals surface area contributed by atoms with E-state index in [1.165, 1.54) is 6.07 Å². The highest BCUT2D eigenvalue weighted by molar-refractivity contribution is 5.92. The van der Waals surface area contributed by atoms with Crippen molar-refractivity contribution in [3.05, 3.63) is 64.0 Å². The van der Waals surface area contributed by atoms with Crippen molar-refractivity contribution < 1.29 is 31.5 Å². The normalized spacial score (nSPS) is 10.7. The van der Waals surface area contributed by atoms with Gasteiger partial charge < -0.3 is 4.74 Å². The predicted molar refractivity (Wildman–Crippen MR) is 67.1 cm³/mol. The number of hydrogen-bond donors (Lipinski definition) is 0. The second kappa shape index (κ2) is 5.75. The molecule has 0 radical (unpaired) electrons. The van der Waals surface area contributed by atoms with E-state index in [1.54, 1.807) is 26.0 Å². The summed E-state index contributed by atoms with van der Waals surface area (Å²) in [6.45, 7) is 3.23. The third-order valence-electron chi connectivity index (χ3n) is 2.96. The summed E-state index contributed by atoms with van der Waals surface area (Å²) in [5, 5.41) is 0. The molecule has 2 aromatic carbocycles. The van der Waals surface area contributed by atoms with Crippen LogP contribution in [0.3, 0.4) is 0 Å². The fourth-order valence-corrected chi connectivity index (χ4v) is 1.75. The van der Waals surface area contributed by atoms with Gasteiger partial charge in [-0.1, -0.05) is 12.1 Å². The summed E-state index contributed by atoms with van der Waals surface area (Å²) >= 11 is 0. The molecule has 0 spiro atoms. The maximum absolute atomic E-state index is 13.5. The van der Waals surface area contributed by atoms with Crippen LogP contribution in [0, 0.1) is 42.9 Å². The molecule has 0 aliphatic heterocycles. The molecule has 2 nitrogen and oxygen atoms in total. The van der Waals surface area contributed by atoms with E-state index in [0.29, 0.717) is 11.1 Å². The Labute approximate surface area is 122 Å². The fraction of sp³-hybridized carbons (Fsp3) is 0.133. The van der Waals surface area contributed by atoms with Gasteiger partial charge in [0.05, 0.1) is 0 Å². The summed E-state index contributed by atoms with van der Waals surface area (Å²) in [4.78, 5) is 11.8. The molecule has 0 N–H and O–H groups in total. The molecule has 0 aliphatic carbocycles. The number of ether oxygens (including phenoxy) is 1. The van der Waals surface area contributed by atoms with Crippen LogP contribution in [0.2, 0.25) is 0 Å². The molecular formula is C15H9F5O2. The molecule has 0 amide bonds. The van der Waals surface area contributed by atoms with Gasteiger partial charge in [0.2, 0.25) is 5.82 Å². The lowest BCUT2D eigenvalue weighted by molar-refractivity contribution is 0.0719. The topological polar surface area (TPSA) is 26.3 Å². The van der Waals surface area contributed by atoms with Crippen molar-refractivity contribution >= 4 is 5.97 Å². The minimum atomic E-state index is -2.33. The van der Waals surface area contributed by atoms with Crippen molar-refractivity contribution in [3.8, 4) is 5.75 Å². The lowest BCUT2D eigenvalue weighted by atomic mass is 10.1. The highest BCUT2D eigenvalue weighted by atomic mass is 19.2. The van der Waals surface area contributed by atoms with Gasteiger partial charge in [-0.05, 0) is 31.0 Å². The molecule has 2 aromatic rings. The molecule has 0 heterocycles. The van der Waals surface area contributed by atoms with Crippen LogP contribution >= 0.6 is 0 Å². The van der Waals surface area contributed by atoms with Gasteiger partial charge in [-0.3, -0.25) is 0 Å². The van der Waals surface area contributed by atoms with E-state index in [4.69, 9.17) is 4.74 Å². The Kier molecular flexibility index (Phi) is 4.16. The minimum absolute atomic E-state index is 0.0334. The van der Waals surface area contributed by atoms with Crippen molar-refractivity contribution in [1.82, 2.24) is 0 Å². The minimum Gasteiger partial charge on any atom is -0.422 e. The second-order valence-electron chi connectivity index (χ2n) is 4.60. The first kappa shape index (κ1) is 15.9. The highest BCUT2D eigenvalue weighted by Gasteiger charge is 2.31. The Morgan fingerprint density at radius 2 is 1.36 bits per heavy atom. The molecular weight excluding hydrogens is 307 g/mol. The van der Waals surface area contributed by atoms with Crippen molar-refractivity contribution in [2.75, 3.05) is 0 Å². The third kappa shape index (κ3) is 2.66. The Balaban J connectivity index is 2.49. The summed E-state index contributed by atoms with van der Waals surface area (Å²) in [6, 6.07) is 4.68. The number of hydrogen-bond acceptors (Lipinski definition) is 2. The molecule has 116 valence electrons. The zero-order valence-electron chi connectivity index (χ0n) is 11.4. The number of benzene rings is 2. The monoisotopic (exact) mass is 316 g/mol. The zero-order valence-corrected chi connectivity index (χ0v) is 11.4. The molecule has 0 saturated carbocycles. The quantitative estimate of drug-likeness (QED) is 0.273. The number of halogens is 5. The van der Waals surface area contributed by atoms with Gasteiger partial charge in [0.1, 0.15) is 11.3 Å². The summed E-state index contributed by atoms with van der Waals surface area (Å²) < 4.78 is 70.9. The summed E-state index contributed by atoms with van der Waals surface area (Å²) in [5.41, 5.74) is -0.481. The number of rotatable bonds is 2. The molecule has 2 rings (SSSR count). The lowest BCUT2D eigenvalue weighted by Gasteiger charge is -2.10. The van der Waals surface area contributed by atoms with Crippen molar-refractivity contribution in [1.29, 1.82) is 0 Å². The number of carbonyl (C=O) groups excluding carboxylic acids is 1. The molecule has 0 atom stereocenters. The predicted octanol–water partition coefficient (Wildman–Crippen LogP) is 4.22. The van der Waals surface area contributed by atoms with Gasteiger partial charge in [0.15, 0.2) is 23.3 Å². The van der Waals surface area contributed by atoms with Gasteiger partial charge in [-0.15, -0.1) is 0 Å². The summed E-state index contributed by atoms with van der Waals surface area (Å²) in [7, 11) is 0. The Morgan fingerprint density at radius 3 is 1.91 bits per heavy atom. The van der Waals surface area contributed by atoms with E-state index in [-0.39, 0.29) is 5.75 Å². The number of carbonyl (C=O) groups is 1. The average molecular weight is 316 g/mol. The first-order chi connectivity index (χ1) is 10.2. The molecule has 7 heteroatoms. The van der Waals surface area contributed by atoms with Crippen LogP contribution in [0.25, 0.3) is 0 Å². The van der Waals surface area contributed by atoms with Crippen LogP contribution < -0.4 is 4.74 Å². The third-order valence-corrected chi connectivity index (χ3v) is 2.96. The van der Waals surface area contributed by atoms with E-state index in [0.717, 1.165) is 0 Å². The van der Waals surface area contributed by atoms with E-state index in [2.05, 4.69) is 0 Å². The van der Waals surface area contributed by atoms with Gasteiger partial charge in [0, 0.05) is 0 Å². The summed E-state index contributed by atoms with van der Waals surface area (Å²) in [5.74, 6) is -12.9. The Bertz CT molecular complexity index is 742. The molecule has 0 unspecified atom stereocenters. The van der Waals surface area contributed by atoms with E-state index in [1.807, 2.05) is 0 Å². The van der Waals surface area contributed by atoms with Crippen LogP contribution in [0.4, 0.5) is 22.0 Å². The van der Waals surface area contributed by atoms with Crippen LogP contribution in [-0.4, -0.2) is 5.97 Å². The van der Waals surface area contributed by atoms with Crippen LogP contribution in [0.15, 0.2) is 18.2 Å². The summed E-state index contributed by atoms with van der Waals surface area (Å²) in [6.07, 6.45) is 0. The maximum atomic E-state index is 13.5. The molecule has 0 fully saturated rings. The van der Waals surface area contributed by atoms with Gasteiger partial charge in [0.25, 0.3) is 0 Å². The standard InChI is InChI=1S/C15H9F5O2/c1-6-3-4-7(2)8(5-6)22-15(21)9-10(16)12(18)14(20)13(19)11(9)17/h3-5H,1-2H3. The SMILES string of the molecule is Cc1ccc(C)c(OC(=O)c2c(F)c(F)c(F)c(F)c2F)c1. The molecule has 22 heavy (non-hydrogen) atoms. The van der Waals surface area contributed by atoms with Crippen molar-refractivity contribution in [2.45, 2.75) is 13.8 Å². The zero-order chi connectivity index (χ0) is 16.6. The van der Waals surface area contributed by atoms with Crippen LogP contribution in [0.5, 0.6) is 5.75 Å². The first-order valence-electron chi connectivity index (χ1n) is 6.05. The highest BCUT2D eigenvalue weighted by Crippen LogP contribution is 2.26. The number of aryl methyl sites for hydroxylation is 2. The maximum Gasteiger partial charge on any atom is 0.349 e. The largest absolute Gasteiger partial charge is 0.422 e. The van der Waals surface area contributed by atoms with E-state index in [9.17, 15) is 26.7 Å². The molecule has 0 saturated heterocycles. The van der Waals surface area contributed by atoms with Crippen LogP contribution in [0.1, 0.15) is 21.5 Å². The van der Waals surface area contributed by atoms with Crippen molar-refractivity contribution in [2.24, 2.45) is 0 Å². The smallest absolute Gasteiger partial charge is 0.349 e. The van der Waals surface area contributed by atoms with Gasteiger partial charge >= 0.3 is 5.97 Å².